The molecule has 0 heterocycles. The van der Waals surface area contributed by atoms with E-state index in [0.717, 1.165) is 5.56 Å². The van der Waals surface area contributed by atoms with Crippen molar-refractivity contribution in [1.82, 2.24) is 10.7 Å². The average Bonchev–Trinajstić information content (AvgIpc) is 2.91. The van der Waals surface area contributed by atoms with Crippen molar-refractivity contribution >= 4 is 29.6 Å². The number of carbonyl (C=O) groups excluding carboxylic acids is 3. The zero-order valence-electron chi connectivity index (χ0n) is 19.8. The molecule has 0 unspecified atom stereocenters. The largest absolute Gasteiger partial charge is 0.497 e. The summed E-state index contributed by atoms with van der Waals surface area (Å²) in [7, 11) is 3.11. The number of nitrogens with zero attached hydrogens (tertiary/aromatic N) is 1. The van der Waals surface area contributed by atoms with Gasteiger partial charge in [0.15, 0.2) is 6.61 Å². The van der Waals surface area contributed by atoms with Crippen molar-refractivity contribution in [3.63, 3.8) is 0 Å². The third-order valence-corrected chi connectivity index (χ3v) is 4.78. The smallest absolute Gasteiger partial charge is 0.329 e. The average molecular weight is 491 g/mol. The number of hydrazone groups is 1. The third-order valence-electron chi connectivity index (χ3n) is 4.78. The highest BCUT2D eigenvalue weighted by Gasteiger charge is 2.12. The number of methoxy groups -OCH3 is 2. The number of amides is 3. The van der Waals surface area contributed by atoms with Crippen LogP contribution in [-0.2, 0) is 20.9 Å². The summed E-state index contributed by atoms with van der Waals surface area (Å²) in [6.45, 7) is -0.0202. The van der Waals surface area contributed by atoms with Gasteiger partial charge in [0.2, 0.25) is 0 Å². The molecule has 0 aromatic heterocycles. The van der Waals surface area contributed by atoms with Crippen molar-refractivity contribution in [1.29, 1.82) is 0 Å². The van der Waals surface area contributed by atoms with Gasteiger partial charge in [-0.05, 0) is 47.5 Å². The van der Waals surface area contributed by atoms with Crippen LogP contribution in [0.3, 0.4) is 0 Å². The summed E-state index contributed by atoms with van der Waals surface area (Å²) in [6, 6.07) is 20.8. The van der Waals surface area contributed by atoms with Crippen LogP contribution in [0.1, 0.15) is 11.1 Å². The van der Waals surface area contributed by atoms with E-state index in [1.54, 1.807) is 87.0 Å². The van der Waals surface area contributed by atoms with Crippen LogP contribution in [0.4, 0.5) is 5.69 Å². The molecule has 3 amide bonds. The molecule has 3 aromatic carbocycles. The molecular weight excluding hydrogens is 464 g/mol. The Morgan fingerprint density at radius 2 is 1.56 bits per heavy atom. The standard InChI is InChI=1S/C26H26N4O6/c1-34-21-11-9-18(10-12-21)15-27-25(32)26(33)30-28-16-19-5-3-8-23(13-19)36-17-24(31)29-20-6-4-7-22(14-20)35-2/h3-14,16H,15,17H2,1-2H3,(H,27,32)(H,29,31)(H,30,33)/b28-16-. The molecule has 0 radical (unpaired) electrons. The van der Waals surface area contributed by atoms with E-state index in [-0.39, 0.29) is 19.1 Å². The van der Waals surface area contributed by atoms with Crippen LogP contribution in [0.25, 0.3) is 0 Å². The van der Waals surface area contributed by atoms with E-state index in [9.17, 15) is 14.4 Å². The number of benzene rings is 3. The molecule has 36 heavy (non-hydrogen) atoms. The van der Waals surface area contributed by atoms with Crippen LogP contribution in [-0.4, -0.2) is 44.8 Å². The highest BCUT2D eigenvalue weighted by Crippen LogP contribution is 2.17. The maximum atomic E-state index is 12.2. The van der Waals surface area contributed by atoms with Gasteiger partial charge in [0.25, 0.3) is 5.91 Å². The summed E-state index contributed by atoms with van der Waals surface area (Å²) >= 11 is 0. The van der Waals surface area contributed by atoms with Gasteiger partial charge in [-0.2, -0.15) is 5.10 Å². The van der Waals surface area contributed by atoms with Crippen LogP contribution < -0.4 is 30.3 Å². The Hall–Kier alpha value is -4.86. The zero-order chi connectivity index (χ0) is 25.8. The van der Waals surface area contributed by atoms with E-state index in [1.807, 2.05) is 0 Å². The first-order valence-corrected chi connectivity index (χ1v) is 10.9. The predicted octanol–water partition coefficient (Wildman–Crippen LogP) is 2.49. The lowest BCUT2D eigenvalue weighted by Gasteiger charge is -2.09. The number of nitrogens with one attached hydrogen (secondary N) is 3. The molecule has 0 atom stereocenters. The Kier molecular flexibility index (Phi) is 9.40. The molecule has 0 bridgehead atoms. The Bertz CT molecular complexity index is 1230. The highest BCUT2D eigenvalue weighted by atomic mass is 16.5. The van der Waals surface area contributed by atoms with Crippen molar-refractivity contribution in [2.75, 3.05) is 26.1 Å². The Morgan fingerprint density at radius 1 is 0.833 bits per heavy atom. The molecule has 10 heteroatoms. The van der Waals surface area contributed by atoms with E-state index in [2.05, 4.69) is 21.2 Å². The highest BCUT2D eigenvalue weighted by molar-refractivity contribution is 6.35. The lowest BCUT2D eigenvalue weighted by atomic mass is 10.2. The minimum atomic E-state index is -0.902. The maximum Gasteiger partial charge on any atom is 0.329 e. The molecule has 3 rings (SSSR count). The molecule has 10 nitrogen and oxygen atoms in total. The number of hydrogen-bond donors (Lipinski definition) is 3. The van der Waals surface area contributed by atoms with E-state index in [0.29, 0.717) is 28.5 Å². The quantitative estimate of drug-likeness (QED) is 0.228. The van der Waals surface area contributed by atoms with E-state index < -0.39 is 11.8 Å². The normalized spacial score (nSPS) is 10.4. The Balaban J connectivity index is 1.43. The molecule has 0 aliphatic carbocycles. The topological polar surface area (TPSA) is 127 Å². The summed E-state index contributed by atoms with van der Waals surface area (Å²) in [5.74, 6) is -0.298. The summed E-state index contributed by atoms with van der Waals surface area (Å²) in [5.41, 5.74) is 4.18. The SMILES string of the molecule is COc1ccc(CNC(=O)C(=O)N/N=C\c2cccc(OCC(=O)Nc3cccc(OC)c3)c2)cc1. The van der Waals surface area contributed by atoms with Crippen LogP contribution >= 0.6 is 0 Å². The number of ether oxygens (including phenoxy) is 3. The first-order valence-electron chi connectivity index (χ1n) is 10.9. The van der Waals surface area contributed by atoms with Gasteiger partial charge in [-0.15, -0.1) is 0 Å². The van der Waals surface area contributed by atoms with Gasteiger partial charge >= 0.3 is 11.8 Å². The zero-order valence-corrected chi connectivity index (χ0v) is 19.8. The molecule has 0 saturated carbocycles. The van der Waals surface area contributed by atoms with Crippen LogP contribution in [0.15, 0.2) is 77.9 Å². The molecule has 0 fully saturated rings. The van der Waals surface area contributed by atoms with Gasteiger partial charge in [-0.3, -0.25) is 14.4 Å². The van der Waals surface area contributed by atoms with Crippen LogP contribution in [0, 0.1) is 0 Å². The molecule has 0 saturated heterocycles. The molecular formula is C26H26N4O6. The number of rotatable bonds is 10. The number of carbonyl (C=O) groups is 3. The molecule has 3 aromatic rings. The molecule has 0 spiro atoms. The fourth-order valence-electron chi connectivity index (χ4n) is 2.95. The second-order valence-electron chi connectivity index (χ2n) is 7.37. The predicted molar refractivity (Wildman–Crippen MR) is 134 cm³/mol. The Labute approximate surface area is 208 Å². The maximum absolute atomic E-state index is 12.2. The monoisotopic (exact) mass is 490 g/mol. The van der Waals surface area contributed by atoms with Gasteiger partial charge < -0.3 is 24.8 Å². The first kappa shape index (κ1) is 25.8. The summed E-state index contributed by atoms with van der Waals surface area (Å²) in [5, 5.41) is 9.04. The third kappa shape index (κ3) is 8.17. The second-order valence-corrected chi connectivity index (χ2v) is 7.37. The summed E-state index contributed by atoms with van der Waals surface area (Å²) in [6.07, 6.45) is 1.36. The van der Waals surface area contributed by atoms with Gasteiger partial charge in [0.1, 0.15) is 17.2 Å². The Morgan fingerprint density at radius 3 is 2.31 bits per heavy atom. The molecule has 186 valence electrons. The van der Waals surface area contributed by atoms with Crippen molar-refractivity contribution in [2.45, 2.75) is 6.54 Å². The van der Waals surface area contributed by atoms with Crippen LogP contribution in [0.2, 0.25) is 0 Å². The number of anilines is 1. The summed E-state index contributed by atoms with van der Waals surface area (Å²) in [4.78, 5) is 36.1. The fraction of sp³-hybridized carbons (Fsp3) is 0.154. The number of hydrogen-bond acceptors (Lipinski definition) is 7. The van der Waals surface area contributed by atoms with E-state index in [1.165, 1.54) is 6.21 Å². The van der Waals surface area contributed by atoms with Gasteiger partial charge in [0.05, 0.1) is 20.4 Å². The second kappa shape index (κ2) is 13.1. The summed E-state index contributed by atoms with van der Waals surface area (Å²) < 4.78 is 15.7. The first-order chi connectivity index (χ1) is 17.5. The van der Waals surface area contributed by atoms with Gasteiger partial charge in [-0.1, -0.05) is 30.3 Å². The van der Waals surface area contributed by atoms with E-state index in [4.69, 9.17) is 14.2 Å². The molecule has 0 aliphatic rings. The fourth-order valence-corrected chi connectivity index (χ4v) is 2.95. The van der Waals surface area contributed by atoms with Crippen molar-refractivity contribution in [2.24, 2.45) is 5.10 Å². The minimum absolute atomic E-state index is 0.185. The lowest BCUT2D eigenvalue weighted by Crippen LogP contribution is -2.37. The van der Waals surface area contributed by atoms with E-state index >= 15 is 0 Å². The molecule has 0 aliphatic heterocycles. The minimum Gasteiger partial charge on any atom is -0.497 e. The van der Waals surface area contributed by atoms with Crippen molar-refractivity contribution in [3.8, 4) is 17.2 Å². The van der Waals surface area contributed by atoms with Gasteiger partial charge in [0, 0.05) is 18.3 Å². The molecule has 3 N–H and O–H groups in total. The van der Waals surface area contributed by atoms with Crippen molar-refractivity contribution < 1.29 is 28.6 Å². The van der Waals surface area contributed by atoms with Gasteiger partial charge in [-0.25, -0.2) is 5.43 Å². The van der Waals surface area contributed by atoms with Crippen molar-refractivity contribution in [3.05, 3.63) is 83.9 Å². The lowest BCUT2D eigenvalue weighted by molar-refractivity contribution is -0.139. The van der Waals surface area contributed by atoms with Crippen LogP contribution in [0.5, 0.6) is 17.2 Å².